The van der Waals surface area contributed by atoms with Crippen molar-refractivity contribution in [3.8, 4) is 0 Å². The van der Waals surface area contributed by atoms with Crippen LogP contribution in [0.25, 0.3) is 0 Å². The minimum atomic E-state index is 0.907. The quantitative estimate of drug-likeness (QED) is 0.540. The maximum Gasteiger partial charge on any atom is -0.0388 e. The van der Waals surface area contributed by atoms with Crippen LogP contribution in [0.1, 0.15) is 47.0 Å². The van der Waals surface area contributed by atoms with Gasteiger partial charge in [0.2, 0.25) is 0 Å². The van der Waals surface area contributed by atoms with E-state index in [-0.39, 0.29) is 0 Å². The molecular formula is C11H22. The van der Waals surface area contributed by atoms with Crippen molar-refractivity contribution in [2.24, 2.45) is 23.7 Å². The Hall–Kier alpha value is 0. The molecule has 0 aromatic rings. The van der Waals surface area contributed by atoms with Crippen molar-refractivity contribution in [1.82, 2.24) is 0 Å². The third-order valence-electron chi connectivity index (χ3n) is 3.58. The molecule has 1 rings (SSSR count). The van der Waals surface area contributed by atoms with Gasteiger partial charge in [-0.1, -0.05) is 34.1 Å². The lowest BCUT2D eigenvalue weighted by Gasteiger charge is -2.34. The third kappa shape index (κ3) is 2.21. The van der Waals surface area contributed by atoms with Gasteiger partial charge in [-0.15, -0.1) is 0 Å². The van der Waals surface area contributed by atoms with Gasteiger partial charge in [0.1, 0.15) is 0 Å². The average Bonchev–Trinajstić information content (AvgIpc) is 1.94. The topological polar surface area (TPSA) is 0 Å². The highest BCUT2D eigenvalue weighted by atomic mass is 14.3. The average molecular weight is 154 g/mol. The summed E-state index contributed by atoms with van der Waals surface area (Å²) in [6.45, 7) is 9.56. The first kappa shape index (κ1) is 9.09. The van der Waals surface area contributed by atoms with Crippen LogP contribution in [0, 0.1) is 23.7 Å². The molecule has 0 aromatic carbocycles. The fourth-order valence-corrected chi connectivity index (χ4v) is 2.19. The maximum absolute atomic E-state index is 2.42. The standard InChI is InChI=1S/C11H22/c1-8(2)11-6-5-9(3)10(4)7-11/h8-11H,5-7H2,1-4H3/t9-,10+,11+/m0/s1. The van der Waals surface area contributed by atoms with Crippen LogP contribution in [0.5, 0.6) is 0 Å². The summed E-state index contributed by atoms with van der Waals surface area (Å²) >= 11 is 0. The summed E-state index contributed by atoms with van der Waals surface area (Å²) in [5.74, 6) is 3.87. The number of hydrogen-bond acceptors (Lipinski definition) is 0. The van der Waals surface area contributed by atoms with Crippen LogP contribution in [0.15, 0.2) is 0 Å². The molecule has 1 aliphatic carbocycles. The van der Waals surface area contributed by atoms with Crippen LogP contribution in [0.4, 0.5) is 0 Å². The third-order valence-corrected chi connectivity index (χ3v) is 3.58. The minimum absolute atomic E-state index is 0.907. The smallest absolute Gasteiger partial charge is 0.0388 e. The van der Waals surface area contributed by atoms with Crippen LogP contribution in [0.3, 0.4) is 0 Å². The lowest BCUT2D eigenvalue weighted by Crippen LogP contribution is -2.23. The first-order chi connectivity index (χ1) is 5.11. The Labute approximate surface area is 71.4 Å². The van der Waals surface area contributed by atoms with E-state index < -0.39 is 0 Å². The van der Waals surface area contributed by atoms with Gasteiger partial charge in [0.15, 0.2) is 0 Å². The van der Waals surface area contributed by atoms with E-state index in [9.17, 15) is 0 Å². The fraction of sp³-hybridized carbons (Fsp3) is 1.00. The second-order valence-corrected chi connectivity index (χ2v) is 4.77. The largest absolute Gasteiger partial charge is 0.0625 e. The first-order valence-electron chi connectivity index (χ1n) is 5.11. The highest BCUT2D eigenvalue weighted by Crippen LogP contribution is 2.36. The minimum Gasteiger partial charge on any atom is -0.0625 e. The molecule has 0 nitrogen and oxygen atoms in total. The highest BCUT2D eigenvalue weighted by molar-refractivity contribution is 4.76. The molecule has 0 heteroatoms. The SMILES string of the molecule is CC(C)[C@@H]1CC[C@H](C)[C@H](C)C1. The molecule has 0 aliphatic heterocycles. The number of rotatable bonds is 1. The van der Waals surface area contributed by atoms with Crippen molar-refractivity contribution < 1.29 is 0 Å². The van der Waals surface area contributed by atoms with Crippen LogP contribution in [-0.4, -0.2) is 0 Å². The molecule has 1 fully saturated rings. The van der Waals surface area contributed by atoms with Crippen LogP contribution < -0.4 is 0 Å². The van der Waals surface area contributed by atoms with Crippen LogP contribution >= 0.6 is 0 Å². The summed E-state index contributed by atoms with van der Waals surface area (Å²) in [5, 5.41) is 0. The maximum atomic E-state index is 2.42. The van der Waals surface area contributed by atoms with E-state index in [4.69, 9.17) is 0 Å². The van der Waals surface area contributed by atoms with E-state index >= 15 is 0 Å². The normalized spacial score (nSPS) is 39.5. The van der Waals surface area contributed by atoms with E-state index in [1.807, 2.05) is 0 Å². The van der Waals surface area contributed by atoms with E-state index in [2.05, 4.69) is 27.7 Å². The Morgan fingerprint density at radius 3 is 2.09 bits per heavy atom. The lowest BCUT2D eigenvalue weighted by atomic mass is 9.72. The predicted molar refractivity (Wildman–Crippen MR) is 50.5 cm³/mol. The summed E-state index contributed by atoms with van der Waals surface area (Å²) in [6.07, 6.45) is 4.41. The molecule has 0 amide bonds. The van der Waals surface area contributed by atoms with Crippen LogP contribution in [-0.2, 0) is 0 Å². The molecule has 0 bridgehead atoms. The number of hydrogen-bond donors (Lipinski definition) is 0. The molecule has 0 heterocycles. The van der Waals surface area contributed by atoms with Gasteiger partial charge in [0.25, 0.3) is 0 Å². The lowest BCUT2D eigenvalue weighted by molar-refractivity contribution is 0.171. The van der Waals surface area contributed by atoms with Gasteiger partial charge in [-0.2, -0.15) is 0 Å². The second-order valence-electron chi connectivity index (χ2n) is 4.77. The molecule has 0 aromatic heterocycles. The Bertz CT molecular complexity index is 115. The summed E-state index contributed by atoms with van der Waals surface area (Å²) in [6, 6.07) is 0. The second kappa shape index (κ2) is 3.60. The van der Waals surface area contributed by atoms with Crippen molar-refractivity contribution in [3.05, 3.63) is 0 Å². The van der Waals surface area contributed by atoms with Gasteiger partial charge in [-0.25, -0.2) is 0 Å². The first-order valence-corrected chi connectivity index (χ1v) is 5.11. The molecule has 1 saturated carbocycles. The molecule has 0 spiro atoms. The molecular weight excluding hydrogens is 132 g/mol. The molecule has 11 heavy (non-hydrogen) atoms. The van der Waals surface area contributed by atoms with E-state index in [0.717, 1.165) is 23.7 Å². The molecule has 0 saturated heterocycles. The predicted octanol–water partition coefficient (Wildman–Crippen LogP) is 3.71. The Morgan fingerprint density at radius 1 is 1.00 bits per heavy atom. The summed E-state index contributed by atoms with van der Waals surface area (Å²) < 4.78 is 0. The van der Waals surface area contributed by atoms with E-state index in [1.54, 1.807) is 0 Å². The molecule has 66 valence electrons. The Balaban J connectivity index is 2.40. The van der Waals surface area contributed by atoms with Crippen molar-refractivity contribution >= 4 is 0 Å². The molecule has 1 aliphatic rings. The molecule has 0 unspecified atom stereocenters. The van der Waals surface area contributed by atoms with Gasteiger partial charge in [0.05, 0.1) is 0 Å². The monoisotopic (exact) mass is 154 g/mol. The highest BCUT2D eigenvalue weighted by Gasteiger charge is 2.25. The fourth-order valence-electron chi connectivity index (χ4n) is 2.19. The van der Waals surface area contributed by atoms with Gasteiger partial charge in [-0.3, -0.25) is 0 Å². The van der Waals surface area contributed by atoms with Crippen molar-refractivity contribution in [2.75, 3.05) is 0 Å². The van der Waals surface area contributed by atoms with Crippen molar-refractivity contribution in [3.63, 3.8) is 0 Å². The Kier molecular flexibility index (Phi) is 2.98. The summed E-state index contributed by atoms with van der Waals surface area (Å²) in [4.78, 5) is 0. The molecule has 3 atom stereocenters. The van der Waals surface area contributed by atoms with Crippen molar-refractivity contribution in [1.29, 1.82) is 0 Å². The van der Waals surface area contributed by atoms with Gasteiger partial charge >= 0.3 is 0 Å². The zero-order valence-corrected chi connectivity index (χ0v) is 8.43. The van der Waals surface area contributed by atoms with Crippen LogP contribution in [0.2, 0.25) is 0 Å². The molecule has 0 N–H and O–H groups in total. The summed E-state index contributed by atoms with van der Waals surface area (Å²) in [5.41, 5.74) is 0. The zero-order valence-electron chi connectivity index (χ0n) is 8.43. The summed E-state index contributed by atoms with van der Waals surface area (Å²) in [7, 11) is 0. The van der Waals surface area contributed by atoms with E-state index in [0.29, 0.717) is 0 Å². The van der Waals surface area contributed by atoms with E-state index in [1.165, 1.54) is 19.3 Å². The van der Waals surface area contributed by atoms with Gasteiger partial charge in [0, 0.05) is 0 Å². The Morgan fingerprint density at radius 2 is 1.64 bits per heavy atom. The van der Waals surface area contributed by atoms with Gasteiger partial charge < -0.3 is 0 Å². The van der Waals surface area contributed by atoms with Crippen molar-refractivity contribution in [2.45, 2.75) is 47.0 Å². The molecule has 0 radical (unpaired) electrons. The van der Waals surface area contributed by atoms with Gasteiger partial charge in [-0.05, 0) is 36.5 Å². The zero-order chi connectivity index (χ0) is 8.43.